The average Bonchev–Trinajstić information content (AvgIpc) is 2.87. The number of rotatable bonds is 3. The van der Waals surface area contributed by atoms with E-state index in [0.717, 1.165) is 37.2 Å². The lowest BCUT2D eigenvalue weighted by Crippen LogP contribution is -2.36. The molecule has 1 saturated heterocycles. The molecule has 2 heterocycles. The van der Waals surface area contributed by atoms with Gasteiger partial charge in [0.15, 0.2) is 0 Å². The van der Waals surface area contributed by atoms with Crippen LogP contribution >= 0.6 is 0 Å². The molecule has 3 heteroatoms. The minimum atomic E-state index is 0.0441. The summed E-state index contributed by atoms with van der Waals surface area (Å²) in [6.07, 6.45) is 5.39. The summed E-state index contributed by atoms with van der Waals surface area (Å²) in [6, 6.07) is 2.14. The molecule has 0 radical (unpaired) electrons. The number of aromatic amines is 1. The number of hydrogen-bond acceptors (Lipinski definition) is 1. The first-order valence-corrected chi connectivity index (χ1v) is 6.38. The average molecular weight is 244 g/mol. The molecule has 18 heavy (non-hydrogen) atoms. The second kappa shape index (κ2) is 5.25. The highest BCUT2D eigenvalue weighted by atomic mass is 16.2. The van der Waals surface area contributed by atoms with Crippen molar-refractivity contribution in [3.8, 4) is 0 Å². The number of nitrogens with one attached hydrogen (secondary N) is 1. The second-order valence-electron chi connectivity index (χ2n) is 4.89. The zero-order valence-electron chi connectivity index (χ0n) is 10.9. The standard InChI is InChI=1S/C15H20N2O/c1-4-14(18)17-9-6-12(7-10-17)13-5-8-16-15(13)11(2)3/h4-5,8,12,16H,1-2,6-7,9-10H2,3H3. The van der Waals surface area contributed by atoms with Crippen LogP contribution < -0.4 is 0 Å². The molecule has 0 aromatic carbocycles. The Kier molecular flexibility index (Phi) is 3.70. The lowest BCUT2D eigenvalue weighted by Gasteiger charge is -2.31. The molecule has 1 aliphatic rings. The van der Waals surface area contributed by atoms with Crippen LogP contribution in [0.3, 0.4) is 0 Å². The van der Waals surface area contributed by atoms with Crippen LogP contribution in [0.15, 0.2) is 31.5 Å². The summed E-state index contributed by atoms with van der Waals surface area (Å²) in [7, 11) is 0. The largest absolute Gasteiger partial charge is 0.361 e. The van der Waals surface area contributed by atoms with Crippen molar-refractivity contribution in [3.05, 3.63) is 42.8 Å². The smallest absolute Gasteiger partial charge is 0.245 e. The van der Waals surface area contributed by atoms with E-state index in [2.05, 4.69) is 24.2 Å². The van der Waals surface area contributed by atoms with Crippen molar-refractivity contribution in [1.29, 1.82) is 0 Å². The van der Waals surface area contributed by atoms with Crippen LogP contribution in [0.5, 0.6) is 0 Å². The van der Waals surface area contributed by atoms with Crippen LogP contribution in [0.4, 0.5) is 0 Å². The Labute approximate surface area is 108 Å². The monoisotopic (exact) mass is 244 g/mol. The molecule has 1 aromatic heterocycles. The lowest BCUT2D eigenvalue weighted by molar-refractivity contribution is -0.127. The zero-order chi connectivity index (χ0) is 13.1. The number of piperidine rings is 1. The van der Waals surface area contributed by atoms with Gasteiger partial charge in [0.05, 0.1) is 0 Å². The van der Waals surface area contributed by atoms with Crippen LogP contribution in [0.1, 0.15) is 36.9 Å². The molecule has 0 spiro atoms. The Morgan fingerprint density at radius 3 is 2.72 bits per heavy atom. The normalized spacial score (nSPS) is 16.6. The van der Waals surface area contributed by atoms with Crippen molar-refractivity contribution in [2.75, 3.05) is 13.1 Å². The maximum atomic E-state index is 11.5. The maximum absolute atomic E-state index is 11.5. The van der Waals surface area contributed by atoms with Gasteiger partial charge in [-0.2, -0.15) is 0 Å². The molecule has 0 atom stereocenters. The van der Waals surface area contributed by atoms with E-state index in [1.807, 2.05) is 18.0 Å². The predicted molar refractivity (Wildman–Crippen MR) is 74.3 cm³/mol. The van der Waals surface area contributed by atoms with Crippen LogP contribution in [0, 0.1) is 0 Å². The molecular formula is C15H20N2O. The summed E-state index contributed by atoms with van der Waals surface area (Å²) in [5.41, 5.74) is 3.57. The van der Waals surface area contributed by atoms with Crippen molar-refractivity contribution >= 4 is 11.5 Å². The Bertz CT molecular complexity index is 465. The Morgan fingerprint density at radius 2 is 2.17 bits per heavy atom. The van der Waals surface area contributed by atoms with E-state index in [4.69, 9.17) is 0 Å². The lowest BCUT2D eigenvalue weighted by atomic mass is 9.88. The van der Waals surface area contributed by atoms with E-state index in [0.29, 0.717) is 5.92 Å². The summed E-state index contributed by atoms with van der Waals surface area (Å²) < 4.78 is 0. The highest BCUT2D eigenvalue weighted by Crippen LogP contribution is 2.32. The highest BCUT2D eigenvalue weighted by Gasteiger charge is 2.24. The molecule has 1 N–H and O–H groups in total. The summed E-state index contributed by atoms with van der Waals surface area (Å²) in [5, 5.41) is 0. The molecule has 3 nitrogen and oxygen atoms in total. The molecule has 0 bridgehead atoms. The minimum Gasteiger partial charge on any atom is -0.361 e. The molecule has 0 saturated carbocycles. The Morgan fingerprint density at radius 1 is 1.50 bits per heavy atom. The van der Waals surface area contributed by atoms with Gasteiger partial charge in [-0.05, 0) is 49.0 Å². The first-order valence-electron chi connectivity index (χ1n) is 6.38. The molecule has 0 unspecified atom stereocenters. The van der Waals surface area contributed by atoms with Crippen molar-refractivity contribution in [1.82, 2.24) is 9.88 Å². The van der Waals surface area contributed by atoms with Gasteiger partial charge in [-0.3, -0.25) is 4.79 Å². The van der Waals surface area contributed by atoms with E-state index >= 15 is 0 Å². The fraction of sp³-hybridized carbons (Fsp3) is 0.400. The maximum Gasteiger partial charge on any atom is 0.245 e. The number of carbonyl (C=O) groups excluding carboxylic acids is 1. The number of hydrogen-bond donors (Lipinski definition) is 1. The quantitative estimate of drug-likeness (QED) is 0.815. The van der Waals surface area contributed by atoms with Crippen LogP contribution in [-0.2, 0) is 4.79 Å². The molecule has 1 aromatic rings. The fourth-order valence-electron chi connectivity index (χ4n) is 2.63. The zero-order valence-corrected chi connectivity index (χ0v) is 10.9. The number of allylic oxidation sites excluding steroid dienone is 1. The summed E-state index contributed by atoms with van der Waals surface area (Å²) in [6.45, 7) is 11.2. The molecule has 1 aliphatic heterocycles. The van der Waals surface area contributed by atoms with Crippen molar-refractivity contribution < 1.29 is 4.79 Å². The third kappa shape index (κ3) is 2.40. The van der Waals surface area contributed by atoms with Crippen LogP contribution in [0.2, 0.25) is 0 Å². The summed E-state index contributed by atoms with van der Waals surface area (Å²) >= 11 is 0. The first-order chi connectivity index (χ1) is 8.63. The van der Waals surface area contributed by atoms with Gasteiger partial charge in [0.25, 0.3) is 0 Å². The van der Waals surface area contributed by atoms with E-state index in [9.17, 15) is 4.79 Å². The topological polar surface area (TPSA) is 36.1 Å². The van der Waals surface area contributed by atoms with E-state index < -0.39 is 0 Å². The number of aromatic nitrogens is 1. The van der Waals surface area contributed by atoms with E-state index in [-0.39, 0.29) is 5.91 Å². The van der Waals surface area contributed by atoms with Crippen molar-refractivity contribution in [2.24, 2.45) is 0 Å². The molecule has 1 amide bonds. The van der Waals surface area contributed by atoms with Crippen molar-refractivity contribution in [2.45, 2.75) is 25.7 Å². The Hall–Kier alpha value is -1.77. The molecular weight excluding hydrogens is 224 g/mol. The van der Waals surface area contributed by atoms with Gasteiger partial charge in [-0.15, -0.1) is 0 Å². The molecule has 2 rings (SSSR count). The van der Waals surface area contributed by atoms with Gasteiger partial charge < -0.3 is 9.88 Å². The van der Waals surface area contributed by atoms with E-state index in [1.54, 1.807) is 0 Å². The number of amides is 1. The number of likely N-dealkylation sites (tertiary alicyclic amines) is 1. The molecule has 0 aliphatic carbocycles. The Balaban J connectivity index is 2.05. The number of carbonyl (C=O) groups is 1. The van der Waals surface area contributed by atoms with Gasteiger partial charge in [0, 0.05) is 25.0 Å². The van der Waals surface area contributed by atoms with Crippen LogP contribution in [0.25, 0.3) is 5.57 Å². The van der Waals surface area contributed by atoms with Crippen LogP contribution in [-0.4, -0.2) is 28.9 Å². The van der Waals surface area contributed by atoms with E-state index in [1.165, 1.54) is 11.6 Å². The van der Waals surface area contributed by atoms with Gasteiger partial charge in [0.2, 0.25) is 5.91 Å². The second-order valence-corrected chi connectivity index (χ2v) is 4.89. The molecule has 96 valence electrons. The summed E-state index contributed by atoms with van der Waals surface area (Å²) in [4.78, 5) is 16.6. The molecule has 1 fully saturated rings. The summed E-state index contributed by atoms with van der Waals surface area (Å²) in [5.74, 6) is 0.569. The first kappa shape index (κ1) is 12.7. The fourth-order valence-corrected chi connectivity index (χ4v) is 2.63. The van der Waals surface area contributed by atoms with Crippen molar-refractivity contribution in [3.63, 3.8) is 0 Å². The SMILES string of the molecule is C=CC(=O)N1CCC(c2cc[nH]c2C(=C)C)CC1. The van der Waals surface area contributed by atoms with Gasteiger partial charge in [0.1, 0.15) is 0 Å². The van der Waals surface area contributed by atoms with Gasteiger partial charge >= 0.3 is 0 Å². The third-order valence-corrected chi connectivity index (χ3v) is 3.63. The number of nitrogens with zero attached hydrogens (tertiary/aromatic N) is 1. The minimum absolute atomic E-state index is 0.0441. The van der Waals surface area contributed by atoms with Gasteiger partial charge in [-0.25, -0.2) is 0 Å². The highest BCUT2D eigenvalue weighted by molar-refractivity contribution is 5.87. The predicted octanol–water partition coefficient (Wildman–Crippen LogP) is 2.94. The van der Waals surface area contributed by atoms with Gasteiger partial charge in [-0.1, -0.05) is 13.2 Å². The number of H-pyrrole nitrogens is 1. The third-order valence-electron chi connectivity index (χ3n) is 3.63.